The Morgan fingerprint density at radius 2 is 1.88 bits per heavy atom. The van der Waals surface area contributed by atoms with Crippen LogP contribution in [0.2, 0.25) is 0 Å². The zero-order chi connectivity index (χ0) is 18.5. The van der Waals surface area contributed by atoms with Gasteiger partial charge in [-0.1, -0.05) is 12.1 Å². The summed E-state index contributed by atoms with van der Waals surface area (Å²) in [7, 11) is 1.60. The van der Waals surface area contributed by atoms with Gasteiger partial charge in [-0.05, 0) is 38.8 Å². The number of nitrogens with zero attached hydrogens (tertiary/aromatic N) is 2. The van der Waals surface area contributed by atoms with Crippen molar-refractivity contribution in [2.45, 2.75) is 44.9 Å². The van der Waals surface area contributed by atoms with Gasteiger partial charge in [0.25, 0.3) is 5.91 Å². The Kier molecular flexibility index (Phi) is 6.38. The van der Waals surface area contributed by atoms with Gasteiger partial charge in [-0.25, -0.2) is 0 Å². The van der Waals surface area contributed by atoms with Crippen LogP contribution in [0.4, 0.5) is 0 Å². The van der Waals surface area contributed by atoms with Crippen molar-refractivity contribution in [3.05, 3.63) is 24.3 Å². The molecule has 1 aromatic rings. The molecule has 0 spiro atoms. The minimum absolute atomic E-state index is 0.0484. The molecule has 2 saturated heterocycles. The highest BCUT2D eigenvalue weighted by atomic mass is 16.5. The molecule has 6 nitrogen and oxygen atoms in total. The van der Waals surface area contributed by atoms with Crippen molar-refractivity contribution in [3.63, 3.8) is 0 Å². The molecule has 0 bridgehead atoms. The lowest BCUT2D eigenvalue weighted by molar-refractivity contribution is -0.135. The molecular weight excluding hydrogens is 332 g/mol. The molecule has 2 fully saturated rings. The molecule has 0 N–H and O–H groups in total. The summed E-state index contributed by atoms with van der Waals surface area (Å²) in [4.78, 5) is 17.1. The fourth-order valence-corrected chi connectivity index (χ4v) is 4.05. The number of hydrogen-bond donors (Lipinski definition) is 0. The minimum atomic E-state index is 0.0484. The summed E-state index contributed by atoms with van der Waals surface area (Å²) in [5.41, 5.74) is 0. The van der Waals surface area contributed by atoms with Crippen LogP contribution in [0.1, 0.15) is 26.7 Å². The maximum Gasteiger partial charge on any atom is 0.260 e. The Morgan fingerprint density at radius 1 is 1.19 bits per heavy atom. The zero-order valence-electron chi connectivity index (χ0n) is 16.0. The second kappa shape index (κ2) is 8.73. The van der Waals surface area contributed by atoms with Gasteiger partial charge in [0.15, 0.2) is 18.1 Å². The van der Waals surface area contributed by atoms with Crippen molar-refractivity contribution in [1.29, 1.82) is 0 Å². The van der Waals surface area contributed by atoms with E-state index in [9.17, 15) is 4.79 Å². The minimum Gasteiger partial charge on any atom is -0.493 e. The number of amides is 1. The molecule has 0 unspecified atom stereocenters. The number of carbonyl (C=O) groups excluding carboxylic acids is 1. The first-order valence-electron chi connectivity index (χ1n) is 9.50. The van der Waals surface area contributed by atoms with Crippen LogP contribution >= 0.6 is 0 Å². The van der Waals surface area contributed by atoms with Crippen LogP contribution in [0.5, 0.6) is 11.5 Å². The highest BCUT2D eigenvalue weighted by Gasteiger charge is 2.32. The molecule has 1 amide bonds. The Hall–Kier alpha value is -1.79. The van der Waals surface area contributed by atoms with Crippen molar-refractivity contribution in [2.75, 3.05) is 39.9 Å². The van der Waals surface area contributed by atoms with Crippen LogP contribution in [-0.4, -0.2) is 73.9 Å². The number of likely N-dealkylation sites (tertiary alicyclic amines) is 1. The number of ether oxygens (including phenoxy) is 3. The maximum absolute atomic E-state index is 12.7. The summed E-state index contributed by atoms with van der Waals surface area (Å²) in [6.07, 6.45) is 2.61. The van der Waals surface area contributed by atoms with E-state index in [0.717, 1.165) is 39.0 Å². The van der Waals surface area contributed by atoms with Gasteiger partial charge in [0.2, 0.25) is 0 Å². The van der Waals surface area contributed by atoms with Crippen molar-refractivity contribution >= 4 is 5.91 Å². The molecule has 0 saturated carbocycles. The van der Waals surface area contributed by atoms with E-state index in [2.05, 4.69) is 18.7 Å². The van der Waals surface area contributed by atoms with Gasteiger partial charge in [0.05, 0.1) is 19.3 Å². The molecule has 0 aliphatic carbocycles. The van der Waals surface area contributed by atoms with E-state index in [1.165, 1.54) is 0 Å². The summed E-state index contributed by atoms with van der Waals surface area (Å²) in [5.74, 6) is 1.30. The maximum atomic E-state index is 12.7. The Balaban J connectivity index is 1.54. The Labute approximate surface area is 156 Å². The smallest absolute Gasteiger partial charge is 0.260 e. The predicted octanol–water partition coefficient (Wildman–Crippen LogP) is 2.17. The van der Waals surface area contributed by atoms with Crippen LogP contribution < -0.4 is 9.47 Å². The zero-order valence-corrected chi connectivity index (χ0v) is 16.0. The summed E-state index contributed by atoms with van der Waals surface area (Å²) in [6, 6.07) is 7.68. The molecular formula is C20H30N2O4. The lowest BCUT2D eigenvalue weighted by Crippen LogP contribution is -2.51. The fourth-order valence-electron chi connectivity index (χ4n) is 4.05. The van der Waals surface area contributed by atoms with Crippen molar-refractivity contribution in [1.82, 2.24) is 9.80 Å². The third-order valence-electron chi connectivity index (χ3n) is 5.08. The van der Waals surface area contributed by atoms with E-state index >= 15 is 0 Å². The van der Waals surface area contributed by atoms with E-state index in [4.69, 9.17) is 14.2 Å². The number of hydrogen-bond acceptors (Lipinski definition) is 5. The fraction of sp³-hybridized carbons (Fsp3) is 0.650. The molecule has 0 radical (unpaired) electrons. The van der Waals surface area contributed by atoms with E-state index in [1.54, 1.807) is 7.11 Å². The number of carbonyl (C=O) groups is 1. The molecule has 6 heteroatoms. The van der Waals surface area contributed by atoms with Crippen molar-refractivity contribution < 1.29 is 19.0 Å². The monoisotopic (exact) mass is 362 g/mol. The lowest BCUT2D eigenvalue weighted by Gasteiger charge is -2.38. The van der Waals surface area contributed by atoms with Crippen LogP contribution in [0.3, 0.4) is 0 Å². The van der Waals surface area contributed by atoms with Crippen LogP contribution in [0.25, 0.3) is 0 Å². The van der Waals surface area contributed by atoms with Crippen LogP contribution in [0.15, 0.2) is 24.3 Å². The van der Waals surface area contributed by atoms with E-state index in [1.807, 2.05) is 29.2 Å². The third-order valence-corrected chi connectivity index (χ3v) is 5.08. The van der Waals surface area contributed by atoms with Gasteiger partial charge in [-0.15, -0.1) is 0 Å². The quantitative estimate of drug-likeness (QED) is 0.776. The number of para-hydroxylation sites is 2. The predicted molar refractivity (Wildman–Crippen MR) is 99.7 cm³/mol. The Bertz CT molecular complexity index is 599. The number of rotatable bonds is 6. The average molecular weight is 362 g/mol. The van der Waals surface area contributed by atoms with Crippen molar-refractivity contribution in [3.8, 4) is 11.5 Å². The molecule has 2 aliphatic rings. The van der Waals surface area contributed by atoms with E-state index < -0.39 is 0 Å². The summed E-state index contributed by atoms with van der Waals surface area (Å²) < 4.78 is 16.8. The normalized spacial score (nSPS) is 26.7. The van der Waals surface area contributed by atoms with Gasteiger partial charge in [-0.3, -0.25) is 9.69 Å². The molecule has 3 rings (SSSR count). The number of methoxy groups -OCH3 is 1. The average Bonchev–Trinajstić information content (AvgIpc) is 3.07. The lowest BCUT2D eigenvalue weighted by atomic mass is 10.1. The topological polar surface area (TPSA) is 51.2 Å². The third kappa shape index (κ3) is 4.68. The molecule has 0 aromatic heterocycles. The van der Waals surface area contributed by atoms with Crippen molar-refractivity contribution in [2.24, 2.45) is 0 Å². The Morgan fingerprint density at radius 3 is 2.58 bits per heavy atom. The molecule has 144 valence electrons. The molecule has 3 atom stereocenters. The number of morpholine rings is 1. The van der Waals surface area contributed by atoms with Gasteiger partial charge >= 0.3 is 0 Å². The highest BCUT2D eigenvalue weighted by molar-refractivity contribution is 5.78. The molecule has 26 heavy (non-hydrogen) atoms. The second-order valence-electron chi connectivity index (χ2n) is 7.30. The molecule has 2 heterocycles. The van der Waals surface area contributed by atoms with Gasteiger partial charge in [0, 0.05) is 32.2 Å². The summed E-state index contributed by atoms with van der Waals surface area (Å²) >= 11 is 0. The first-order chi connectivity index (χ1) is 12.6. The first kappa shape index (κ1) is 19.0. The second-order valence-corrected chi connectivity index (χ2v) is 7.30. The van der Waals surface area contributed by atoms with Gasteiger partial charge in [-0.2, -0.15) is 0 Å². The molecule has 2 aliphatic heterocycles. The van der Waals surface area contributed by atoms with Crippen LogP contribution in [-0.2, 0) is 9.53 Å². The highest BCUT2D eigenvalue weighted by Crippen LogP contribution is 2.26. The molecule has 1 aromatic carbocycles. The standard InChI is InChI=1S/C20H30N2O4/c1-15-11-21(12-16(2)26-15)13-17-7-6-10-22(17)20(23)14-25-19-9-5-4-8-18(19)24-3/h4-5,8-9,15-17H,6-7,10-14H2,1-3H3/t15-,16+,17-/m0/s1. The first-order valence-corrected chi connectivity index (χ1v) is 9.50. The van der Waals surface area contributed by atoms with E-state index in [0.29, 0.717) is 11.5 Å². The number of benzene rings is 1. The summed E-state index contributed by atoms with van der Waals surface area (Å²) in [5, 5.41) is 0. The van der Waals surface area contributed by atoms with Gasteiger partial charge < -0.3 is 19.1 Å². The SMILES string of the molecule is COc1ccccc1OCC(=O)N1CCC[C@H]1CN1C[C@@H](C)O[C@@H](C)C1. The van der Waals surface area contributed by atoms with Gasteiger partial charge in [0.1, 0.15) is 0 Å². The summed E-state index contributed by atoms with van der Waals surface area (Å²) in [6.45, 7) is 7.86. The van der Waals surface area contributed by atoms with Crippen LogP contribution in [0, 0.1) is 0 Å². The van der Waals surface area contributed by atoms with E-state index in [-0.39, 0.29) is 30.8 Å². The largest absolute Gasteiger partial charge is 0.493 e.